The van der Waals surface area contributed by atoms with Gasteiger partial charge in [-0.15, -0.1) is 0 Å². The zero-order valence-electron chi connectivity index (χ0n) is 54.8. The van der Waals surface area contributed by atoms with Crippen molar-refractivity contribution in [2.75, 3.05) is 19.8 Å². The van der Waals surface area contributed by atoms with E-state index < -0.39 is 195 Å². The van der Waals surface area contributed by atoms with Crippen molar-refractivity contribution >= 4 is 65.7 Å². The molecule has 0 aromatic rings. The van der Waals surface area contributed by atoms with Gasteiger partial charge in [-0.3, -0.25) is 47.9 Å². The fourth-order valence-electron chi connectivity index (χ4n) is 16.0. The van der Waals surface area contributed by atoms with Gasteiger partial charge in [-0.2, -0.15) is 0 Å². The molecular weight excluding hydrogens is 1220 g/mol. The summed E-state index contributed by atoms with van der Waals surface area (Å²) in [5.41, 5.74) is 0.0359. The molecule has 4 aliphatic carbocycles. The van der Waals surface area contributed by atoms with E-state index >= 15 is 0 Å². The molecular formula is C64H88O28. The molecule has 4 heterocycles. The average Bonchev–Trinajstić information content (AvgIpc) is 1.66. The second kappa shape index (κ2) is 29.0. The first kappa shape index (κ1) is 71.3. The van der Waals surface area contributed by atoms with Gasteiger partial charge in [0.1, 0.15) is 42.7 Å². The molecule has 512 valence electrons. The summed E-state index contributed by atoms with van der Waals surface area (Å²) in [6.07, 6.45) is -17.9. The van der Waals surface area contributed by atoms with Crippen LogP contribution in [0.25, 0.3) is 0 Å². The van der Waals surface area contributed by atoms with E-state index in [1.54, 1.807) is 6.92 Å². The number of allylic oxidation sites excluding steroid dienone is 1. The molecule has 28 heteroatoms. The first-order valence-corrected chi connectivity index (χ1v) is 31.3. The van der Waals surface area contributed by atoms with E-state index in [2.05, 4.69) is 19.9 Å². The summed E-state index contributed by atoms with van der Waals surface area (Å²) in [6, 6.07) is 0. The Morgan fingerprint density at radius 2 is 1.05 bits per heavy atom. The maximum Gasteiger partial charge on any atom is 0.334 e. The third kappa shape index (κ3) is 15.5. The minimum Gasteiger partial charge on any atom is -0.463 e. The molecule has 0 unspecified atom stereocenters. The average molecular weight is 1310 g/mol. The lowest BCUT2D eigenvalue weighted by Crippen LogP contribution is -2.68. The maximum absolute atomic E-state index is 13.6. The molecule has 0 amide bonds. The van der Waals surface area contributed by atoms with Gasteiger partial charge in [0.05, 0.1) is 19.3 Å². The number of rotatable bonds is 19. The van der Waals surface area contributed by atoms with Gasteiger partial charge in [-0.05, 0) is 82.5 Å². The Morgan fingerprint density at radius 3 is 1.54 bits per heavy atom. The predicted molar refractivity (Wildman–Crippen MR) is 307 cm³/mol. The standard InChI is InChI=1S/C64H88O28/c1-28-22-50(89-58(75)29(28)2)64(15,92-39(12)74)48-19-18-43-42-17-16-40-23-41(24-49(81-33(6)68)63(40,14)44(42)20-21-62(43,48)13)87-61-57(86-38(11)73)54(91-60-56(85-37(10)72)53(83-35(8)70)46(27-78-60)80-32(5)67)51(47(88-61)25-76-30(3)65)90-59-55(84-36(9)71)52(82-34(7)69)45(26-77-59)79-31(4)66/h16,41-57,59-61H,17-27H2,1-15H3/t41-,42+,43+,44+,45-,46-,47-,48+,49+,50-,51-,52+,53+,54+,55-,56-,57-,59+,60+,61-,62+,63+,64-/m1/s1. The zero-order chi connectivity index (χ0) is 67.6. The number of carbonyl (C=O) groups excluding carboxylic acids is 11. The molecule has 0 bridgehead atoms. The molecule has 0 spiro atoms. The molecule has 4 aliphatic heterocycles. The number of cyclic esters (lactones) is 1. The molecule has 0 aromatic heterocycles. The fraction of sp³-hybridized carbons (Fsp3) is 0.766. The Morgan fingerprint density at radius 1 is 0.554 bits per heavy atom. The Kier molecular flexibility index (Phi) is 22.4. The molecule has 0 radical (unpaired) electrons. The largest absolute Gasteiger partial charge is 0.463 e. The van der Waals surface area contributed by atoms with E-state index in [9.17, 15) is 52.7 Å². The topological polar surface area (TPSA) is 345 Å². The van der Waals surface area contributed by atoms with Crippen LogP contribution in [0.3, 0.4) is 0 Å². The van der Waals surface area contributed by atoms with Crippen molar-refractivity contribution < 1.29 is 133 Å². The van der Waals surface area contributed by atoms with Gasteiger partial charge in [-0.25, -0.2) is 4.79 Å². The molecule has 3 saturated carbocycles. The third-order valence-corrected chi connectivity index (χ3v) is 19.7. The Labute approximate surface area is 533 Å². The second-order valence-corrected chi connectivity index (χ2v) is 26.0. The first-order valence-electron chi connectivity index (χ1n) is 31.3. The van der Waals surface area contributed by atoms with Crippen LogP contribution in [0.2, 0.25) is 0 Å². The van der Waals surface area contributed by atoms with Gasteiger partial charge in [0.25, 0.3) is 0 Å². The van der Waals surface area contributed by atoms with Gasteiger partial charge in [0.2, 0.25) is 0 Å². The number of hydrogen-bond acceptors (Lipinski definition) is 28. The van der Waals surface area contributed by atoms with Crippen LogP contribution in [0.4, 0.5) is 0 Å². The minimum absolute atomic E-state index is 0.0343. The summed E-state index contributed by atoms with van der Waals surface area (Å²) < 4.78 is 104. The Balaban J connectivity index is 1.18. The van der Waals surface area contributed by atoms with E-state index in [4.69, 9.17) is 80.5 Å². The zero-order valence-corrected chi connectivity index (χ0v) is 54.8. The number of carbonyl (C=O) groups is 11. The molecule has 8 rings (SSSR count). The van der Waals surface area contributed by atoms with Crippen LogP contribution >= 0.6 is 0 Å². The number of ether oxygens (including phenoxy) is 17. The van der Waals surface area contributed by atoms with Gasteiger partial charge in [0.15, 0.2) is 61.6 Å². The van der Waals surface area contributed by atoms with Crippen LogP contribution in [0.1, 0.15) is 155 Å². The van der Waals surface area contributed by atoms with Crippen molar-refractivity contribution in [2.24, 2.45) is 34.5 Å². The normalized spacial score (nSPS) is 38.1. The van der Waals surface area contributed by atoms with Crippen LogP contribution < -0.4 is 0 Å². The van der Waals surface area contributed by atoms with Crippen molar-refractivity contribution in [1.29, 1.82) is 0 Å². The quantitative estimate of drug-likeness (QED) is 0.0955. The first-order chi connectivity index (χ1) is 43.1. The van der Waals surface area contributed by atoms with Crippen LogP contribution in [0.15, 0.2) is 22.8 Å². The molecule has 3 saturated heterocycles. The minimum atomic E-state index is -1.85. The lowest BCUT2D eigenvalue weighted by Gasteiger charge is -2.61. The van der Waals surface area contributed by atoms with Gasteiger partial charge < -0.3 is 80.5 Å². The molecule has 0 aromatic carbocycles. The highest BCUT2D eigenvalue weighted by atomic mass is 16.8. The monoisotopic (exact) mass is 1300 g/mol. The van der Waals surface area contributed by atoms with Crippen LogP contribution in [0, 0.1) is 34.5 Å². The van der Waals surface area contributed by atoms with Crippen molar-refractivity contribution in [3.8, 4) is 0 Å². The smallest absolute Gasteiger partial charge is 0.334 e. The highest BCUT2D eigenvalue weighted by molar-refractivity contribution is 5.89. The molecule has 28 nitrogen and oxygen atoms in total. The summed E-state index contributed by atoms with van der Waals surface area (Å²) >= 11 is 0. The Hall–Kier alpha value is -6.59. The van der Waals surface area contributed by atoms with E-state index in [0.717, 1.165) is 73.0 Å². The number of fused-ring (bicyclic) bond motifs is 5. The lowest BCUT2D eigenvalue weighted by molar-refractivity contribution is -0.380. The fourth-order valence-corrected chi connectivity index (χ4v) is 16.0. The molecule has 92 heavy (non-hydrogen) atoms. The van der Waals surface area contributed by atoms with Crippen LogP contribution in [-0.2, 0) is 133 Å². The van der Waals surface area contributed by atoms with Gasteiger partial charge in [-0.1, -0.05) is 31.1 Å². The van der Waals surface area contributed by atoms with E-state index in [0.29, 0.717) is 37.7 Å². The molecule has 8 aliphatic rings. The lowest BCUT2D eigenvalue weighted by atomic mass is 9.46. The summed E-state index contributed by atoms with van der Waals surface area (Å²) in [5, 5.41) is 0. The van der Waals surface area contributed by atoms with E-state index in [-0.39, 0.29) is 41.9 Å². The summed E-state index contributed by atoms with van der Waals surface area (Å²) in [5.74, 6) is -8.59. The van der Waals surface area contributed by atoms with E-state index in [1.165, 1.54) is 13.8 Å². The summed E-state index contributed by atoms with van der Waals surface area (Å²) in [7, 11) is 0. The molecule has 6 fully saturated rings. The Bertz CT molecular complexity index is 2920. The summed E-state index contributed by atoms with van der Waals surface area (Å²) in [4.78, 5) is 142. The maximum atomic E-state index is 13.6. The van der Waals surface area contributed by atoms with Crippen molar-refractivity contribution in [1.82, 2.24) is 0 Å². The van der Waals surface area contributed by atoms with Crippen LogP contribution in [-0.4, -0.2) is 189 Å². The second-order valence-electron chi connectivity index (χ2n) is 26.0. The predicted octanol–water partition coefficient (Wildman–Crippen LogP) is 4.76. The molecule has 0 N–H and O–H groups in total. The van der Waals surface area contributed by atoms with Gasteiger partial charge in [0, 0.05) is 99.0 Å². The van der Waals surface area contributed by atoms with Crippen molar-refractivity contribution in [3.63, 3.8) is 0 Å². The van der Waals surface area contributed by atoms with Crippen molar-refractivity contribution in [3.05, 3.63) is 22.8 Å². The highest BCUT2D eigenvalue weighted by Gasteiger charge is 2.67. The SMILES string of the molecule is CC(=O)OC[C@H]1O[C@@H](O[C@@H]2CC3=CC[C@H]4[C@@H]5CC[C@H]([C@@](C)(OC(C)=O)[C@H]6CC(C)=C(C)C(=O)O6)[C@@]5(C)CC[C@@H]4[C@@]3(C)[C@@H](OC(C)=O)C2)[C@H](OC(C)=O)[C@@H](O[C@@H]2OC[C@@H](OC(C)=O)[C@H](OC(C)=O)[C@H]2OC(C)=O)[C@@H]1O[C@@H]1OC[C@@H](OC(C)=O)[C@H](OC(C)=O)[C@H]1OC(C)=O. The third-order valence-electron chi connectivity index (χ3n) is 19.7. The molecule has 23 atom stereocenters. The van der Waals surface area contributed by atoms with E-state index in [1.807, 2.05) is 13.8 Å². The van der Waals surface area contributed by atoms with Gasteiger partial charge >= 0.3 is 65.7 Å². The number of hydrogen-bond donors (Lipinski definition) is 0. The summed E-state index contributed by atoms with van der Waals surface area (Å²) in [6.45, 7) is 19.3. The van der Waals surface area contributed by atoms with Crippen molar-refractivity contribution in [2.45, 2.75) is 259 Å². The number of esters is 11. The van der Waals surface area contributed by atoms with Crippen LogP contribution in [0.5, 0.6) is 0 Å². The highest BCUT2D eigenvalue weighted by Crippen LogP contribution is 2.69.